The van der Waals surface area contributed by atoms with Gasteiger partial charge in [0, 0.05) is 20.6 Å². The largest absolute Gasteiger partial charge is 0.496 e. The van der Waals surface area contributed by atoms with Crippen LogP contribution in [0.5, 0.6) is 5.75 Å². The maximum atomic E-state index is 14.0. The van der Waals surface area contributed by atoms with Gasteiger partial charge in [-0.05, 0) is 36.8 Å². The van der Waals surface area contributed by atoms with Crippen LogP contribution in [-0.4, -0.2) is 7.11 Å². The van der Waals surface area contributed by atoms with Crippen LogP contribution in [0.4, 0.5) is 4.39 Å². The Bertz CT molecular complexity index is 626. The normalized spacial score (nSPS) is 12.3. The van der Waals surface area contributed by atoms with E-state index in [1.165, 1.54) is 6.07 Å². The van der Waals surface area contributed by atoms with Gasteiger partial charge in [0.25, 0.3) is 0 Å². The molecule has 0 saturated carbocycles. The number of aryl methyl sites for hydroxylation is 1. The van der Waals surface area contributed by atoms with E-state index in [0.29, 0.717) is 16.3 Å². The highest BCUT2D eigenvalue weighted by molar-refractivity contribution is 9.10. The molecule has 0 N–H and O–H groups in total. The summed E-state index contributed by atoms with van der Waals surface area (Å²) in [6.45, 7) is 1.94. The van der Waals surface area contributed by atoms with E-state index in [1.54, 1.807) is 19.2 Å². The van der Waals surface area contributed by atoms with Crippen molar-refractivity contribution < 1.29 is 9.13 Å². The Kier molecular flexibility index (Phi) is 4.95. The summed E-state index contributed by atoms with van der Waals surface area (Å²) in [7, 11) is 1.55. The average Bonchev–Trinajstić information content (AvgIpc) is 2.41. The first-order valence-electron chi connectivity index (χ1n) is 5.87. The molecule has 0 saturated heterocycles. The fraction of sp³-hybridized carbons (Fsp3) is 0.200. The lowest BCUT2D eigenvalue weighted by Crippen LogP contribution is -2.02. The number of hydrogen-bond acceptors (Lipinski definition) is 1. The molecule has 0 amide bonds. The van der Waals surface area contributed by atoms with E-state index in [0.717, 1.165) is 10.0 Å². The number of halogens is 4. The topological polar surface area (TPSA) is 9.23 Å². The molecule has 2 aromatic carbocycles. The second-order valence-electron chi connectivity index (χ2n) is 4.34. The van der Waals surface area contributed by atoms with E-state index in [1.807, 2.05) is 19.1 Å². The zero-order valence-corrected chi connectivity index (χ0v) is 14.0. The predicted molar refractivity (Wildman–Crippen MR) is 84.5 cm³/mol. The molecule has 0 spiro atoms. The van der Waals surface area contributed by atoms with E-state index >= 15 is 0 Å². The van der Waals surface area contributed by atoms with Gasteiger partial charge in [-0.2, -0.15) is 0 Å². The highest BCUT2D eigenvalue weighted by Crippen LogP contribution is 2.41. The van der Waals surface area contributed by atoms with Crippen LogP contribution in [0.2, 0.25) is 5.02 Å². The lowest BCUT2D eigenvalue weighted by molar-refractivity contribution is 0.409. The molecule has 0 aromatic heterocycles. The molecule has 1 nitrogen and oxygen atoms in total. The Labute approximate surface area is 135 Å². The molecule has 20 heavy (non-hydrogen) atoms. The minimum atomic E-state index is -0.726. The Morgan fingerprint density at radius 3 is 2.60 bits per heavy atom. The fourth-order valence-electron chi connectivity index (χ4n) is 1.95. The van der Waals surface area contributed by atoms with Crippen LogP contribution in [0.15, 0.2) is 34.8 Å². The van der Waals surface area contributed by atoms with Crippen LogP contribution in [0.1, 0.15) is 22.1 Å². The molecule has 0 aliphatic carbocycles. The van der Waals surface area contributed by atoms with Crippen molar-refractivity contribution in [2.45, 2.75) is 12.3 Å². The lowest BCUT2D eigenvalue weighted by atomic mass is 10.0. The fourth-order valence-corrected chi connectivity index (χ4v) is 3.03. The van der Waals surface area contributed by atoms with Crippen LogP contribution in [0, 0.1) is 12.7 Å². The van der Waals surface area contributed by atoms with Crippen molar-refractivity contribution in [3.05, 3.63) is 62.3 Å². The highest BCUT2D eigenvalue weighted by atomic mass is 79.9. The summed E-state index contributed by atoms with van der Waals surface area (Å²) in [4.78, 5) is 0. The molecule has 0 fully saturated rings. The predicted octanol–water partition coefficient (Wildman–Crippen LogP) is 5.89. The Balaban J connectivity index is 2.59. The zero-order valence-electron chi connectivity index (χ0n) is 10.9. The third-order valence-corrected chi connectivity index (χ3v) is 4.67. The average molecular weight is 378 g/mol. The minimum absolute atomic E-state index is 0.255. The van der Waals surface area contributed by atoms with Gasteiger partial charge in [-0.15, -0.1) is 11.6 Å². The first-order valence-corrected chi connectivity index (χ1v) is 7.48. The van der Waals surface area contributed by atoms with Crippen molar-refractivity contribution in [2.24, 2.45) is 0 Å². The summed E-state index contributed by atoms with van der Waals surface area (Å²) >= 11 is 15.9. The first-order chi connectivity index (χ1) is 9.45. The summed E-state index contributed by atoms with van der Waals surface area (Å²) in [5.74, 6) is 0.168. The van der Waals surface area contributed by atoms with Gasteiger partial charge >= 0.3 is 0 Å². The second-order valence-corrected chi connectivity index (χ2v) is 6.04. The number of hydrogen-bond donors (Lipinski definition) is 0. The van der Waals surface area contributed by atoms with Crippen molar-refractivity contribution in [3.63, 3.8) is 0 Å². The molecule has 1 unspecified atom stereocenters. The Morgan fingerprint density at radius 1 is 1.30 bits per heavy atom. The van der Waals surface area contributed by atoms with E-state index < -0.39 is 11.2 Å². The molecular weight excluding hydrogens is 366 g/mol. The minimum Gasteiger partial charge on any atom is -0.496 e. The third-order valence-electron chi connectivity index (χ3n) is 3.04. The Morgan fingerprint density at radius 2 is 2.00 bits per heavy atom. The molecule has 0 aliphatic heterocycles. The number of benzene rings is 2. The molecule has 2 rings (SSSR count). The van der Waals surface area contributed by atoms with Gasteiger partial charge in [-0.3, -0.25) is 0 Å². The molecule has 0 aliphatic rings. The summed E-state index contributed by atoms with van der Waals surface area (Å²) in [6.07, 6.45) is 0. The van der Waals surface area contributed by atoms with Crippen LogP contribution in [-0.2, 0) is 0 Å². The quantitative estimate of drug-likeness (QED) is 0.606. The van der Waals surface area contributed by atoms with Crippen molar-refractivity contribution in [1.29, 1.82) is 0 Å². The summed E-state index contributed by atoms with van der Waals surface area (Å²) in [6, 6.07) is 8.18. The van der Waals surface area contributed by atoms with Crippen molar-refractivity contribution >= 4 is 39.1 Å². The van der Waals surface area contributed by atoms with Gasteiger partial charge in [0.2, 0.25) is 0 Å². The first kappa shape index (κ1) is 15.6. The summed E-state index contributed by atoms with van der Waals surface area (Å²) < 4.78 is 20.2. The van der Waals surface area contributed by atoms with Crippen LogP contribution in [0.3, 0.4) is 0 Å². The van der Waals surface area contributed by atoms with E-state index in [9.17, 15) is 4.39 Å². The van der Waals surface area contributed by atoms with Crippen LogP contribution < -0.4 is 4.74 Å². The molecule has 5 heteroatoms. The zero-order chi connectivity index (χ0) is 14.9. The van der Waals surface area contributed by atoms with Crippen molar-refractivity contribution in [2.75, 3.05) is 7.11 Å². The number of methoxy groups -OCH3 is 1. The van der Waals surface area contributed by atoms with Gasteiger partial charge in [0.15, 0.2) is 0 Å². The number of alkyl halides is 1. The highest BCUT2D eigenvalue weighted by Gasteiger charge is 2.22. The molecule has 1 atom stereocenters. The SMILES string of the molecule is COc1cc(C)c(Br)cc1C(Cl)c1c(F)cccc1Cl. The molecule has 0 bridgehead atoms. The third kappa shape index (κ3) is 2.95. The van der Waals surface area contributed by atoms with Gasteiger partial charge in [-0.25, -0.2) is 4.39 Å². The summed E-state index contributed by atoms with van der Waals surface area (Å²) in [5, 5.41) is -0.431. The van der Waals surface area contributed by atoms with E-state index in [-0.39, 0.29) is 5.56 Å². The molecular formula is C15H12BrCl2FO. The summed E-state index contributed by atoms with van der Waals surface area (Å²) in [5.41, 5.74) is 1.93. The van der Waals surface area contributed by atoms with E-state index in [2.05, 4.69) is 15.9 Å². The molecule has 0 radical (unpaired) electrons. The molecule has 0 heterocycles. The van der Waals surface area contributed by atoms with Crippen LogP contribution >= 0.6 is 39.1 Å². The van der Waals surface area contributed by atoms with Crippen molar-refractivity contribution in [1.82, 2.24) is 0 Å². The van der Waals surface area contributed by atoms with Gasteiger partial charge < -0.3 is 4.74 Å². The van der Waals surface area contributed by atoms with Gasteiger partial charge in [0.1, 0.15) is 11.6 Å². The van der Waals surface area contributed by atoms with E-state index in [4.69, 9.17) is 27.9 Å². The lowest BCUT2D eigenvalue weighted by Gasteiger charge is -2.17. The second kappa shape index (κ2) is 6.33. The van der Waals surface area contributed by atoms with Crippen molar-refractivity contribution in [3.8, 4) is 5.75 Å². The molecule has 2 aromatic rings. The monoisotopic (exact) mass is 376 g/mol. The number of rotatable bonds is 3. The molecule has 106 valence electrons. The smallest absolute Gasteiger partial charge is 0.129 e. The Hall–Kier alpha value is -0.770. The van der Waals surface area contributed by atoms with Gasteiger partial charge in [-0.1, -0.05) is 33.6 Å². The maximum absolute atomic E-state index is 14.0. The van der Waals surface area contributed by atoms with Crippen LogP contribution in [0.25, 0.3) is 0 Å². The standard InChI is InChI=1S/C15H12BrCl2FO/c1-8-6-13(20-2)9(7-10(8)16)15(18)14-11(17)4-3-5-12(14)19/h3-7,15H,1-2H3. The van der Waals surface area contributed by atoms with Gasteiger partial charge in [0.05, 0.1) is 12.5 Å². The maximum Gasteiger partial charge on any atom is 0.129 e. The number of ether oxygens (including phenoxy) is 1.